The van der Waals surface area contributed by atoms with Gasteiger partial charge in [0.1, 0.15) is 5.75 Å². The van der Waals surface area contributed by atoms with Crippen LogP contribution in [0.1, 0.15) is 5.56 Å². The van der Waals surface area contributed by atoms with E-state index in [1.165, 1.54) is 21.9 Å². The van der Waals surface area contributed by atoms with Crippen molar-refractivity contribution in [2.45, 2.75) is 11.6 Å². The molecule has 1 amide bonds. The summed E-state index contributed by atoms with van der Waals surface area (Å²) in [7, 11) is 1.59. The smallest absolute Gasteiger partial charge is 0.267 e. The van der Waals surface area contributed by atoms with Crippen LogP contribution in [-0.2, 0) is 11.2 Å². The molecule has 0 aliphatic heterocycles. The maximum atomic E-state index is 13.4. The Morgan fingerprint density at radius 3 is 2.49 bits per heavy atom. The first-order valence-corrected chi connectivity index (χ1v) is 12.1. The average molecular weight is 486 g/mol. The quantitative estimate of drug-likeness (QED) is 0.339. The van der Waals surface area contributed by atoms with Crippen LogP contribution in [0.15, 0.2) is 88.8 Å². The number of rotatable bonds is 8. The van der Waals surface area contributed by atoms with Gasteiger partial charge in [-0.25, -0.2) is 4.57 Å². The summed E-state index contributed by atoms with van der Waals surface area (Å²) >= 11 is 1.28. The van der Waals surface area contributed by atoms with E-state index in [0.717, 1.165) is 6.42 Å². The van der Waals surface area contributed by atoms with Gasteiger partial charge in [-0.3, -0.25) is 14.0 Å². The zero-order valence-corrected chi connectivity index (χ0v) is 19.9. The number of nitrogens with zero attached hydrogens (tertiary/aromatic N) is 4. The highest BCUT2D eigenvalue weighted by Gasteiger charge is 2.18. The van der Waals surface area contributed by atoms with Gasteiger partial charge in [0.15, 0.2) is 5.16 Å². The van der Waals surface area contributed by atoms with E-state index in [-0.39, 0.29) is 17.2 Å². The highest BCUT2D eigenvalue weighted by molar-refractivity contribution is 7.99. The lowest BCUT2D eigenvalue weighted by Gasteiger charge is -2.12. The third-order valence-corrected chi connectivity index (χ3v) is 6.57. The van der Waals surface area contributed by atoms with Crippen LogP contribution in [0.4, 0.5) is 0 Å². The molecule has 2 heterocycles. The van der Waals surface area contributed by atoms with Crippen LogP contribution in [0.3, 0.4) is 0 Å². The van der Waals surface area contributed by atoms with Crippen molar-refractivity contribution in [3.8, 4) is 11.4 Å². The molecule has 35 heavy (non-hydrogen) atoms. The number of amides is 1. The van der Waals surface area contributed by atoms with E-state index in [0.29, 0.717) is 39.8 Å². The van der Waals surface area contributed by atoms with Gasteiger partial charge in [0.05, 0.1) is 29.5 Å². The van der Waals surface area contributed by atoms with E-state index in [2.05, 4.69) is 15.5 Å². The normalized spacial score (nSPS) is 11.1. The summed E-state index contributed by atoms with van der Waals surface area (Å²) < 4.78 is 8.59. The Bertz CT molecular complexity index is 1550. The van der Waals surface area contributed by atoms with Crippen LogP contribution in [0, 0.1) is 0 Å². The lowest BCUT2D eigenvalue weighted by Crippen LogP contribution is -2.27. The Labute approximate surface area is 205 Å². The van der Waals surface area contributed by atoms with Crippen molar-refractivity contribution in [2.24, 2.45) is 0 Å². The molecule has 0 aliphatic rings. The van der Waals surface area contributed by atoms with Crippen LogP contribution in [0.25, 0.3) is 22.4 Å². The maximum Gasteiger partial charge on any atom is 0.267 e. The minimum atomic E-state index is -0.194. The number of ether oxygens (including phenoxy) is 1. The predicted molar refractivity (Wildman–Crippen MR) is 137 cm³/mol. The second-order valence-corrected chi connectivity index (χ2v) is 8.79. The molecular formula is C26H23N5O3S. The first-order valence-electron chi connectivity index (χ1n) is 11.1. The molecule has 0 aliphatic carbocycles. The molecule has 0 saturated heterocycles. The first-order chi connectivity index (χ1) is 17.2. The summed E-state index contributed by atoms with van der Waals surface area (Å²) in [6.07, 6.45) is 0.768. The monoisotopic (exact) mass is 485 g/mol. The van der Waals surface area contributed by atoms with Crippen LogP contribution in [0.5, 0.6) is 5.75 Å². The van der Waals surface area contributed by atoms with Gasteiger partial charge in [-0.15, -0.1) is 10.2 Å². The van der Waals surface area contributed by atoms with Crippen molar-refractivity contribution in [3.05, 3.63) is 94.8 Å². The maximum absolute atomic E-state index is 13.4. The number of aromatic nitrogens is 4. The van der Waals surface area contributed by atoms with E-state index in [4.69, 9.17) is 4.74 Å². The van der Waals surface area contributed by atoms with Gasteiger partial charge in [0.2, 0.25) is 11.7 Å². The van der Waals surface area contributed by atoms with Crippen molar-refractivity contribution in [2.75, 3.05) is 19.4 Å². The largest absolute Gasteiger partial charge is 0.497 e. The highest BCUT2D eigenvalue weighted by atomic mass is 32.2. The number of para-hydroxylation sites is 1. The fourth-order valence-electron chi connectivity index (χ4n) is 3.91. The third-order valence-electron chi connectivity index (χ3n) is 5.64. The van der Waals surface area contributed by atoms with Gasteiger partial charge >= 0.3 is 0 Å². The number of nitrogens with one attached hydrogen (secondary N) is 1. The number of thioether (sulfide) groups is 1. The number of methoxy groups -OCH3 is 1. The third kappa shape index (κ3) is 4.63. The lowest BCUT2D eigenvalue weighted by atomic mass is 10.1. The predicted octanol–water partition coefficient (Wildman–Crippen LogP) is 3.49. The van der Waals surface area contributed by atoms with Crippen molar-refractivity contribution in [1.29, 1.82) is 0 Å². The molecule has 9 heteroatoms. The Balaban J connectivity index is 1.43. The van der Waals surface area contributed by atoms with Gasteiger partial charge < -0.3 is 10.1 Å². The molecule has 176 valence electrons. The molecule has 5 aromatic rings. The SMILES string of the molecule is COc1ccc(-n2c(=O)c3ccccc3n3c(SCC(=O)NCCc4ccccc4)nnc23)cc1. The molecule has 0 saturated carbocycles. The van der Waals surface area contributed by atoms with Gasteiger partial charge in [-0.05, 0) is 48.4 Å². The van der Waals surface area contributed by atoms with Gasteiger partial charge in [0, 0.05) is 6.54 Å². The van der Waals surface area contributed by atoms with Gasteiger partial charge in [-0.1, -0.05) is 54.2 Å². The van der Waals surface area contributed by atoms with Gasteiger partial charge in [-0.2, -0.15) is 0 Å². The van der Waals surface area contributed by atoms with Gasteiger partial charge in [0.25, 0.3) is 5.56 Å². The van der Waals surface area contributed by atoms with Crippen LogP contribution >= 0.6 is 11.8 Å². The molecule has 0 atom stereocenters. The number of hydrogen-bond donors (Lipinski definition) is 1. The molecular weight excluding hydrogens is 462 g/mol. The zero-order valence-electron chi connectivity index (χ0n) is 19.0. The Kier molecular flexibility index (Phi) is 6.49. The van der Waals surface area contributed by atoms with E-state index in [9.17, 15) is 9.59 Å². The van der Waals surface area contributed by atoms with E-state index in [1.54, 1.807) is 37.4 Å². The molecule has 1 N–H and O–H groups in total. The standard InChI is InChI=1S/C26H23N5O3S/c1-34-20-13-11-19(12-14-20)30-24(33)21-9-5-6-10-22(21)31-25(30)28-29-26(31)35-17-23(32)27-16-15-18-7-3-2-4-8-18/h2-14H,15-17H2,1H3,(H,27,32). The average Bonchev–Trinajstić information content (AvgIpc) is 3.32. The van der Waals surface area contributed by atoms with E-state index >= 15 is 0 Å². The number of carbonyl (C=O) groups excluding carboxylic acids is 1. The van der Waals surface area contributed by atoms with Crippen molar-refractivity contribution >= 4 is 34.3 Å². The zero-order chi connectivity index (χ0) is 24.2. The van der Waals surface area contributed by atoms with Crippen LogP contribution in [0.2, 0.25) is 0 Å². The second kappa shape index (κ2) is 10.0. The lowest BCUT2D eigenvalue weighted by molar-refractivity contribution is -0.118. The minimum absolute atomic E-state index is 0.0875. The minimum Gasteiger partial charge on any atom is -0.497 e. The van der Waals surface area contributed by atoms with Crippen molar-refractivity contribution < 1.29 is 9.53 Å². The van der Waals surface area contributed by atoms with Crippen molar-refractivity contribution in [3.63, 3.8) is 0 Å². The topological polar surface area (TPSA) is 90.5 Å². The molecule has 0 fully saturated rings. The Hall–Kier alpha value is -4.11. The highest BCUT2D eigenvalue weighted by Crippen LogP contribution is 2.24. The summed E-state index contributed by atoms with van der Waals surface area (Å²) in [6.45, 7) is 0.559. The number of fused-ring (bicyclic) bond motifs is 3. The molecule has 0 unspecified atom stereocenters. The van der Waals surface area contributed by atoms with E-state index in [1.807, 2.05) is 52.9 Å². The first kappa shape index (κ1) is 22.7. The number of hydrogen-bond acceptors (Lipinski definition) is 6. The summed E-state index contributed by atoms with van der Waals surface area (Å²) in [5.41, 5.74) is 2.32. The molecule has 8 nitrogen and oxygen atoms in total. The number of carbonyl (C=O) groups is 1. The van der Waals surface area contributed by atoms with Crippen LogP contribution < -0.4 is 15.6 Å². The Morgan fingerprint density at radius 1 is 0.971 bits per heavy atom. The van der Waals surface area contributed by atoms with Crippen molar-refractivity contribution in [1.82, 2.24) is 24.5 Å². The molecule has 0 radical (unpaired) electrons. The summed E-state index contributed by atoms with van der Waals surface area (Å²) in [6, 6.07) is 24.5. The second-order valence-electron chi connectivity index (χ2n) is 7.85. The fourth-order valence-corrected chi connectivity index (χ4v) is 4.68. The Morgan fingerprint density at radius 2 is 1.71 bits per heavy atom. The molecule has 5 rings (SSSR count). The summed E-state index contributed by atoms with van der Waals surface area (Å²) in [5, 5.41) is 12.7. The number of benzene rings is 3. The molecule has 3 aromatic carbocycles. The van der Waals surface area contributed by atoms with E-state index < -0.39 is 0 Å². The molecule has 0 spiro atoms. The summed E-state index contributed by atoms with van der Waals surface area (Å²) in [4.78, 5) is 25.9. The fraction of sp³-hybridized carbons (Fsp3) is 0.154. The summed E-state index contributed by atoms with van der Waals surface area (Å²) in [5.74, 6) is 1.17. The molecule has 2 aromatic heterocycles. The molecule has 0 bridgehead atoms. The van der Waals surface area contributed by atoms with Crippen LogP contribution in [-0.4, -0.2) is 44.5 Å².